The lowest BCUT2D eigenvalue weighted by atomic mass is 10.2. The maximum Gasteiger partial charge on any atom is 0.148 e. The van der Waals surface area contributed by atoms with Gasteiger partial charge in [0.2, 0.25) is 0 Å². The van der Waals surface area contributed by atoms with Crippen LogP contribution in [0, 0.1) is 0 Å². The molecule has 0 saturated carbocycles. The summed E-state index contributed by atoms with van der Waals surface area (Å²) in [5, 5.41) is 3.13. The summed E-state index contributed by atoms with van der Waals surface area (Å²) in [5.41, 5.74) is 1.11. The topological polar surface area (TPSA) is 46.2 Å². The highest BCUT2D eigenvalue weighted by atomic mass is 32.2. The molecule has 0 aliphatic carbocycles. The van der Waals surface area contributed by atoms with Crippen LogP contribution in [0.4, 0.5) is 0 Å². The van der Waals surface area contributed by atoms with Crippen LogP contribution in [0.5, 0.6) is 0 Å². The van der Waals surface area contributed by atoms with E-state index in [1.165, 1.54) is 6.26 Å². The average molecular weight is 205 g/mol. The fraction of sp³-hybridized carbons (Fsp3) is 0.778. The second kappa shape index (κ2) is 5.40. The van der Waals surface area contributed by atoms with Crippen molar-refractivity contribution in [3.63, 3.8) is 0 Å². The van der Waals surface area contributed by atoms with Crippen molar-refractivity contribution in [1.82, 2.24) is 5.32 Å². The van der Waals surface area contributed by atoms with Crippen LogP contribution in [0.15, 0.2) is 12.2 Å². The molecule has 0 bridgehead atoms. The van der Waals surface area contributed by atoms with Gasteiger partial charge in [0.25, 0.3) is 0 Å². The van der Waals surface area contributed by atoms with Crippen LogP contribution in [0.25, 0.3) is 0 Å². The zero-order valence-corrected chi connectivity index (χ0v) is 9.45. The van der Waals surface area contributed by atoms with E-state index in [9.17, 15) is 8.42 Å². The van der Waals surface area contributed by atoms with Crippen LogP contribution in [-0.2, 0) is 9.84 Å². The molecule has 0 aromatic rings. The molecule has 1 atom stereocenters. The van der Waals surface area contributed by atoms with E-state index < -0.39 is 9.84 Å². The fourth-order valence-corrected chi connectivity index (χ4v) is 2.07. The highest BCUT2D eigenvalue weighted by molar-refractivity contribution is 7.90. The monoisotopic (exact) mass is 205 g/mol. The standard InChI is InChI=1S/C9H19NO2S/c1-8(2)5-6-10-9(3)7-13(4,11)12/h9-10H,1,5-7H2,2-4H3. The summed E-state index contributed by atoms with van der Waals surface area (Å²) in [6.45, 7) is 8.40. The van der Waals surface area contributed by atoms with Crippen LogP contribution in [0.2, 0.25) is 0 Å². The first kappa shape index (κ1) is 12.7. The first-order valence-electron chi connectivity index (χ1n) is 4.37. The van der Waals surface area contributed by atoms with Crippen LogP contribution >= 0.6 is 0 Å². The average Bonchev–Trinajstić information content (AvgIpc) is 1.81. The molecule has 0 heterocycles. The summed E-state index contributed by atoms with van der Waals surface area (Å²) in [6, 6.07) is 0.0225. The van der Waals surface area contributed by atoms with E-state index in [-0.39, 0.29) is 11.8 Å². The lowest BCUT2D eigenvalue weighted by Crippen LogP contribution is -2.33. The Bertz CT molecular complexity index is 257. The lowest BCUT2D eigenvalue weighted by molar-refractivity contribution is 0.561. The van der Waals surface area contributed by atoms with Crippen molar-refractivity contribution in [2.75, 3.05) is 18.6 Å². The van der Waals surface area contributed by atoms with E-state index in [1.807, 2.05) is 13.8 Å². The minimum Gasteiger partial charge on any atom is -0.313 e. The fourth-order valence-electron chi connectivity index (χ4n) is 1.05. The molecule has 0 aromatic carbocycles. The van der Waals surface area contributed by atoms with Gasteiger partial charge in [0.15, 0.2) is 0 Å². The summed E-state index contributed by atoms with van der Waals surface area (Å²) < 4.78 is 21.8. The number of nitrogens with one attached hydrogen (secondary N) is 1. The SMILES string of the molecule is C=C(C)CCNC(C)CS(C)(=O)=O. The molecule has 0 aliphatic rings. The van der Waals surface area contributed by atoms with Gasteiger partial charge < -0.3 is 5.32 Å². The van der Waals surface area contributed by atoms with Gasteiger partial charge in [-0.15, -0.1) is 6.58 Å². The molecule has 0 aromatic heterocycles. The summed E-state index contributed by atoms with van der Waals surface area (Å²) in [6.07, 6.45) is 2.15. The summed E-state index contributed by atoms with van der Waals surface area (Å²) in [5.74, 6) is 0.198. The Hall–Kier alpha value is -0.350. The molecule has 3 nitrogen and oxygen atoms in total. The van der Waals surface area contributed by atoms with E-state index in [4.69, 9.17) is 0 Å². The van der Waals surface area contributed by atoms with Crippen molar-refractivity contribution in [3.05, 3.63) is 12.2 Å². The molecule has 4 heteroatoms. The van der Waals surface area contributed by atoms with Crippen molar-refractivity contribution in [2.24, 2.45) is 0 Å². The quantitative estimate of drug-likeness (QED) is 0.657. The van der Waals surface area contributed by atoms with Crippen molar-refractivity contribution < 1.29 is 8.42 Å². The van der Waals surface area contributed by atoms with Gasteiger partial charge in [0.1, 0.15) is 9.84 Å². The Morgan fingerprint density at radius 1 is 1.54 bits per heavy atom. The van der Waals surface area contributed by atoms with Gasteiger partial charge in [-0.2, -0.15) is 0 Å². The summed E-state index contributed by atoms with van der Waals surface area (Å²) in [7, 11) is -2.86. The predicted molar refractivity (Wildman–Crippen MR) is 56.6 cm³/mol. The molecule has 1 unspecified atom stereocenters. The third kappa shape index (κ3) is 9.56. The third-order valence-electron chi connectivity index (χ3n) is 1.60. The number of sulfone groups is 1. The second-order valence-corrected chi connectivity index (χ2v) is 5.84. The van der Waals surface area contributed by atoms with Gasteiger partial charge in [0, 0.05) is 12.3 Å². The molecular weight excluding hydrogens is 186 g/mol. The first-order chi connectivity index (χ1) is 5.81. The Kier molecular flexibility index (Phi) is 5.25. The van der Waals surface area contributed by atoms with Crippen LogP contribution in [-0.4, -0.2) is 33.0 Å². The van der Waals surface area contributed by atoms with Crippen LogP contribution in [0.1, 0.15) is 20.3 Å². The highest BCUT2D eigenvalue weighted by Crippen LogP contribution is 1.95. The van der Waals surface area contributed by atoms with E-state index in [0.717, 1.165) is 18.5 Å². The van der Waals surface area contributed by atoms with Crippen LogP contribution < -0.4 is 5.32 Å². The number of hydrogen-bond donors (Lipinski definition) is 1. The largest absolute Gasteiger partial charge is 0.313 e. The molecule has 0 rings (SSSR count). The van der Waals surface area contributed by atoms with Gasteiger partial charge in [-0.05, 0) is 26.8 Å². The smallest absolute Gasteiger partial charge is 0.148 e. The third-order valence-corrected chi connectivity index (χ3v) is 2.70. The number of rotatable bonds is 6. The Morgan fingerprint density at radius 3 is 2.46 bits per heavy atom. The molecule has 0 radical (unpaired) electrons. The van der Waals surface area contributed by atoms with Gasteiger partial charge in [-0.25, -0.2) is 8.42 Å². The summed E-state index contributed by atoms with van der Waals surface area (Å²) >= 11 is 0. The summed E-state index contributed by atoms with van der Waals surface area (Å²) in [4.78, 5) is 0. The molecule has 0 spiro atoms. The first-order valence-corrected chi connectivity index (χ1v) is 6.43. The zero-order valence-electron chi connectivity index (χ0n) is 8.63. The number of hydrogen-bond acceptors (Lipinski definition) is 3. The van der Waals surface area contributed by atoms with E-state index in [1.54, 1.807) is 0 Å². The second-order valence-electron chi connectivity index (χ2n) is 3.65. The Balaban J connectivity index is 3.64. The normalized spacial score (nSPS) is 14.1. The molecule has 0 saturated heterocycles. The van der Waals surface area contributed by atoms with Gasteiger partial charge in [0.05, 0.1) is 5.75 Å². The van der Waals surface area contributed by atoms with Crippen LogP contribution in [0.3, 0.4) is 0 Å². The molecule has 0 aliphatic heterocycles. The van der Waals surface area contributed by atoms with Gasteiger partial charge >= 0.3 is 0 Å². The molecular formula is C9H19NO2S. The van der Waals surface area contributed by atoms with Gasteiger partial charge in [-0.1, -0.05) is 5.57 Å². The zero-order chi connectivity index (χ0) is 10.5. The Morgan fingerprint density at radius 2 is 2.08 bits per heavy atom. The highest BCUT2D eigenvalue weighted by Gasteiger charge is 2.08. The van der Waals surface area contributed by atoms with Gasteiger partial charge in [-0.3, -0.25) is 0 Å². The van der Waals surface area contributed by atoms with Crippen molar-refractivity contribution in [3.8, 4) is 0 Å². The molecule has 78 valence electrons. The Labute approximate surface area is 81.1 Å². The predicted octanol–water partition coefficient (Wildman–Crippen LogP) is 0.975. The maximum absolute atomic E-state index is 10.9. The molecule has 0 fully saturated rings. The van der Waals surface area contributed by atoms with E-state index in [0.29, 0.717) is 0 Å². The molecule has 13 heavy (non-hydrogen) atoms. The minimum absolute atomic E-state index is 0.0225. The lowest BCUT2D eigenvalue weighted by Gasteiger charge is -2.12. The molecule has 1 N–H and O–H groups in total. The minimum atomic E-state index is -2.86. The maximum atomic E-state index is 10.9. The van der Waals surface area contributed by atoms with Crippen molar-refractivity contribution in [1.29, 1.82) is 0 Å². The van der Waals surface area contributed by atoms with E-state index >= 15 is 0 Å². The van der Waals surface area contributed by atoms with Crippen molar-refractivity contribution in [2.45, 2.75) is 26.3 Å². The van der Waals surface area contributed by atoms with Crippen molar-refractivity contribution >= 4 is 9.84 Å². The molecule has 0 amide bonds. The van der Waals surface area contributed by atoms with E-state index in [2.05, 4.69) is 11.9 Å².